The summed E-state index contributed by atoms with van der Waals surface area (Å²) in [6.45, 7) is 10.7. The Kier molecular flexibility index (Phi) is 11.6. The molecule has 1 aliphatic heterocycles. The van der Waals surface area contributed by atoms with Gasteiger partial charge < -0.3 is 15.1 Å². The van der Waals surface area contributed by atoms with Gasteiger partial charge >= 0.3 is 0 Å². The highest BCUT2D eigenvalue weighted by Crippen LogP contribution is 2.04. The molecule has 10 heteroatoms. The quantitative estimate of drug-likeness (QED) is 0.242. The Balaban J connectivity index is 0.00000576. The van der Waals surface area contributed by atoms with Crippen molar-refractivity contribution in [1.82, 2.24) is 19.4 Å². The van der Waals surface area contributed by atoms with Crippen LogP contribution in [0.15, 0.2) is 4.99 Å². The van der Waals surface area contributed by atoms with E-state index >= 15 is 0 Å². The molecule has 1 aliphatic rings. The molecule has 0 aromatic carbocycles. The molecule has 0 atom stereocenters. The van der Waals surface area contributed by atoms with E-state index in [-0.39, 0.29) is 29.9 Å². The van der Waals surface area contributed by atoms with Crippen molar-refractivity contribution < 1.29 is 13.2 Å². The molecule has 1 N–H and O–H groups in total. The number of nitrogens with one attached hydrogen (secondary N) is 1. The zero-order chi connectivity index (χ0) is 18.2. The van der Waals surface area contributed by atoms with Crippen molar-refractivity contribution in [2.24, 2.45) is 4.99 Å². The average molecular weight is 489 g/mol. The molecule has 0 spiro atoms. The second-order valence-corrected chi connectivity index (χ2v) is 7.82. The molecule has 0 aliphatic carbocycles. The third-order valence-corrected chi connectivity index (χ3v) is 5.39. The topological polar surface area (TPSA) is 85.3 Å². The molecule has 1 rings (SSSR count). The van der Waals surface area contributed by atoms with Crippen LogP contribution in [0, 0.1) is 0 Å². The summed E-state index contributed by atoms with van der Waals surface area (Å²) in [4.78, 5) is 20.0. The molecule has 0 bridgehead atoms. The van der Waals surface area contributed by atoms with Gasteiger partial charge in [-0.15, -0.1) is 24.0 Å². The summed E-state index contributed by atoms with van der Waals surface area (Å²) < 4.78 is 24.6. The monoisotopic (exact) mass is 489 g/mol. The second kappa shape index (κ2) is 11.9. The normalized spacial score (nSPS) is 16.0. The summed E-state index contributed by atoms with van der Waals surface area (Å²) in [6.07, 6.45) is 1.92. The van der Waals surface area contributed by atoms with Crippen LogP contribution in [0.1, 0.15) is 27.2 Å². The van der Waals surface area contributed by atoms with Crippen molar-refractivity contribution in [2.75, 3.05) is 58.6 Å². The first kappa shape index (κ1) is 24.4. The maximum Gasteiger partial charge on any atom is 0.219 e. The molecule has 0 aromatic rings. The second-order valence-electron chi connectivity index (χ2n) is 5.84. The third kappa shape index (κ3) is 8.54. The van der Waals surface area contributed by atoms with Crippen LogP contribution in [0.25, 0.3) is 0 Å². The minimum absolute atomic E-state index is 0. The maximum atomic E-state index is 11.6. The predicted octanol–water partition coefficient (Wildman–Crippen LogP) is 0.406. The fourth-order valence-electron chi connectivity index (χ4n) is 2.65. The van der Waals surface area contributed by atoms with Gasteiger partial charge in [-0.2, -0.15) is 0 Å². The molecular formula is C15H32IN5O3S. The van der Waals surface area contributed by atoms with Crippen molar-refractivity contribution in [3.05, 3.63) is 0 Å². The fraction of sp³-hybridized carbons (Fsp3) is 0.867. The van der Waals surface area contributed by atoms with Gasteiger partial charge in [-0.05, 0) is 13.3 Å². The van der Waals surface area contributed by atoms with Crippen molar-refractivity contribution in [2.45, 2.75) is 27.2 Å². The van der Waals surface area contributed by atoms with Gasteiger partial charge in [-0.25, -0.2) is 12.7 Å². The standard InChI is InChI=1S/C15H31N5O3S.HI/c1-5-16-15(19-12-10-18(11-13-19)14(3)21)17-8-7-9-20(6-2)24(4,22)23;/h5-13H2,1-4H3,(H,16,17);1H. The summed E-state index contributed by atoms with van der Waals surface area (Å²) in [6, 6.07) is 0. The number of guanidine groups is 1. The van der Waals surface area contributed by atoms with Crippen LogP contribution >= 0.6 is 24.0 Å². The Hall–Kier alpha value is -0.620. The van der Waals surface area contributed by atoms with Crippen LogP contribution in [0.2, 0.25) is 0 Å². The molecule has 0 aromatic heterocycles. The zero-order valence-corrected chi connectivity index (χ0v) is 18.8. The number of aliphatic imine (C=N–C) groups is 1. The van der Waals surface area contributed by atoms with Gasteiger partial charge in [-0.1, -0.05) is 6.92 Å². The van der Waals surface area contributed by atoms with Gasteiger partial charge in [0.05, 0.1) is 6.26 Å². The van der Waals surface area contributed by atoms with Crippen LogP contribution in [0.5, 0.6) is 0 Å². The van der Waals surface area contributed by atoms with Crippen LogP contribution in [0.3, 0.4) is 0 Å². The van der Waals surface area contributed by atoms with E-state index in [2.05, 4.69) is 15.2 Å². The number of carbonyl (C=O) groups is 1. The lowest BCUT2D eigenvalue weighted by molar-refractivity contribution is -0.130. The molecule has 0 radical (unpaired) electrons. The van der Waals surface area contributed by atoms with Gasteiger partial charge in [0.15, 0.2) is 5.96 Å². The van der Waals surface area contributed by atoms with Crippen molar-refractivity contribution in [3.63, 3.8) is 0 Å². The van der Waals surface area contributed by atoms with Gasteiger partial charge in [-0.3, -0.25) is 9.79 Å². The van der Waals surface area contributed by atoms with Crippen molar-refractivity contribution >= 4 is 45.9 Å². The molecule has 1 fully saturated rings. The maximum absolute atomic E-state index is 11.6. The average Bonchev–Trinajstić information content (AvgIpc) is 2.52. The number of nitrogens with zero attached hydrogens (tertiary/aromatic N) is 4. The molecule has 0 saturated carbocycles. The number of piperazine rings is 1. The van der Waals surface area contributed by atoms with E-state index in [0.29, 0.717) is 39.1 Å². The van der Waals surface area contributed by atoms with Crippen LogP contribution in [-0.4, -0.2) is 93.0 Å². The summed E-state index contributed by atoms with van der Waals surface area (Å²) in [5.74, 6) is 0.945. The van der Waals surface area contributed by atoms with E-state index in [0.717, 1.165) is 25.6 Å². The van der Waals surface area contributed by atoms with Crippen LogP contribution in [0.4, 0.5) is 0 Å². The first-order chi connectivity index (χ1) is 11.3. The molecule has 1 saturated heterocycles. The van der Waals surface area contributed by atoms with Gasteiger partial charge in [0.2, 0.25) is 15.9 Å². The highest BCUT2D eigenvalue weighted by atomic mass is 127. The largest absolute Gasteiger partial charge is 0.357 e. The highest BCUT2D eigenvalue weighted by molar-refractivity contribution is 14.0. The first-order valence-corrected chi connectivity index (χ1v) is 10.4. The fourth-order valence-corrected chi connectivity index (χ4v) is 3.58. The lowest BCUT2D eigenvalue weighted by atomic mass is 10.3. The summed E-state index contributed by atoms with van der Waals surface area (Å²) >= 11 is 0. The number of rotatable bonds is 7. The Morgan fingerprint density at radius 2 is 1.72 bits per heavy atom. The number of hydrogen-bond acceptors (Lipinski definition) is 4. The Labute approximate surface area is 169 Å². The van der Waals surface area contributed by atoms with Crippen LogP contribution < -0.4 is 5.32 Å². The minimum Gasteiger partial charge on any atom is -0.357 e. The summed E-state index contributed by atoms with van der Waals surface area (Å²) in [5, 5.41) is 3.27. The number of amides is 1. The van der Waals surface area contributed by atoms with E-state index < -0.39 is 10.0 Å². The number of carbonyl (C=O) groups excluding carboxylic acids is 1. The van der Waals surface area contributed by atoms with Gasteiger partial charge in [0.1, 0.15) is 0 Å². The van der Waals surface area contributed by atoms with E-state index in [1.165, 1.54) is 10.6 Å². The van der Waals surface area contributed by atoms with E-state index in [9.17, 15) is 13.2 Å². The molecular weight excluding hydrogens is 457 g/mol. The van der Waals surface area contributed by atoms with Crippen LogP contribution in [-0.2, 0) is 14.8 Å². The molecule has 25 heavy (non-hydrogen) atoms. The Bertz CT molecular complexity index is 533. The smallest absolute Gasteiger partial charge is 0.219 e. The minimum atomic E-state index is -3.14. The first-order valence-electron chi connectivity index (χ1n) is 8.53. The molecule has 1 heterocycles. The Morgan fingerprint density at radius 1 is 1.16 bits per heavy atom. The lowest BCUT2D eigenvalue weighted by Gasteiger charge is -2.36. The van der Waals surface area contributed by atoms with Crippen molar-refractivity contribution in [1.29, 1.82) is 0 Å². The Morgan fingerprint density at radius 3 is 2.16 bits per heavy atom. The number of hydrogen-bond donors (Lipinski definition) is 1. The molecule has 8 nitrogen and oxygen atoms in total. The van der Waals surface area contributed by atoms with E-state index in [4.69, 9.17) is 0 Å². The third-order valence-electron chi connectivity index (χ3n) is 4.01. The highest BCUT2D eigenvalue weighted by Gasteiger charge is 2.20. The van der Waals surface area contributed by atoms with E-state index in [1.807, 2.05) is 18.7 Å². The number of sulfonamides is 1. The predicted molar refractivity (Wildman–Crippen MR) is 112 cm³/mol. The lowest BCUT2D eigenvalue weighted by Crippen LogP contribution is -2.53. The van der Waals surface area contributed by atoms with Crippen molar-refractivity contribution in [3.8, 4) is 0 Å². The zero-order valence-electron chi connectivity index (χ0n) is 15.7. The molecule has 1 amide bonds. The molecule has 148 valence electrons. The van der Waals surface area contributed by atoms with E-state index in [1.54, 1.807) is 6.92 Å². The van der Waals surface area contributed by atoms with Gasteiger partial charge in [0, 0.05) is 59.3 Å². The summed E-state index contributed by atoms with van der Waals surface area (Å²) in [7, 11) is -3.14. The summed E-state index contributed by atoms with van der Waals surface area (Å²) in [5.41, 5.74) is 0. The molecule has 0 unspecified atom stereocenters. The SMILES string of the molecule is CCNC(=NCCCN(CC)S(C)(=O)=O)N1CCN(C(C)=O)CC1.I. The van der Waals surface area contributed by atoms with Gasteiger partial charge in [0.25, 0.3) is 0 Å². The number of halogens is 1.